The van der Waals surface area contributed by atoms with Gasteiger partial charge in [-0.3, -0.25) is 0 Å². The molecule has 0 bridgehead atoms. The van der Waals surface area contributed by atoms with Gasteiger partial charge in [0.05, 0.1) is 0 Å². The summed E-state index contributed by atoms with van der Waals surface area (Å²) in [5, 5.41) is 3.14. The van der Waals surface area contributed by atoms with Crippen molar-refractivity contribution < 1.29 is 0 Å². The smallest absolute Gasteiger partial charge is 0.0455 e. The predicted molar refractivity (Wildman–Crippen MR) is 64.3 cm³/mol. The predicted octanol–water partition coefficient (Wildman–Crippen LogP) is 3.97. The molecule has 0 radical (unpaired) electrons. The molecule has 14 heavy (non-hydrogen) atoms. The van der Waals surface area contributed by atoms with E-state index >= 15 is 0 Å². The Balaban J connectivity index is 3.22. The maximum Gasteiger partial charge on any atom is 0.0455 e. The monoisotopic (exact) mass is 187 g/mol. The van der Waals surface area contributed by atoms with Gasteiger partial charge < -0.3 is 5.32 Å². The molecule has 0 heterocycles. The molecule has 0 aliphatic carbocycles. The van der Waals surface area contributed by atoms with E-state index in [0.717, 1.165) is 5.69 Å². The molecule has 0 spiro atoms. The number of aryl methyl sites for hydroxylation is 1. The number of rotatable bonds is 3. The van der Waals surface area contributed by atoms with Gasteiger partial charge in [0.1, 0.15) is 0 Å². The highest BCUT2D eigenvalue weighted by Crippen LogP contribution is 2.24. The van der Waals surface area contributed by atoms with Crippen LogP contribution in [0.4, 0.5) is 5.69 Å². The summed E-state index contributed by atoms with van der Waals surface area (Å²) in [6.07, 6.45) is 3.82. The minimum absolute atomic E-state index is 1.11. The van der Waals surface area contributed by atoms with Crippen molar-refractivity contribution in [3.8, 4) is 0 Å². The molecule has 1 N–H and O–H groups in total. The van der Waals surface area contributed by atoms with Crippen LogP contribution in [0.15, 0.2) is 37.1 Å². The van der Waals surface area contributed by atoms with E-state index in [1.165, 1.54) is 16.7 Å². The summed E-state index contributed by atoms with van der Waals surface area (Å²) in [4.78, 5) is 0. The van der Waals surface area contributed by atoms with Crippen molar-refractivity contribution in [2.24, 2.45) is 0 Å². The first-order valence-corrected chi connectivity index (χ1v) is 4.80. The number of hydrogen-bond acceptors (Lipinski definition) is 1. The van der Waals surface area contributed by atoms with Crippen molar-refractivity contribution in [1.82, 2.24) is 0 Å². The van der Waals surface area contributed by atoms with Crippen molar-refractivity contribution in [3.05, 3.63) is 48.2 Å². The third kappa shape index (κ3) is 2.25. The second-order valence-electron chi connectivity index (χ2n) is 3.37. The van der Waals surface area contributed by atoms with Crippen LogP contribution in [0.25, 0.3) is 5.57 Å². The van der Waals surface area contributed by atoms with Crippen LogP contribution in [0.3, 0.4) is 0 Å². The minimum Gasteiger partial charge on any atom is -0.362 e. The van der Waals surface area contributed by atoms with Crippen LogP contribution < -0.4 is 5.32 Å². The van der Waals surface area contributed by atoms with Gasteiger partial charge in [-0.15, -0.1) is 0 Å². The van der Waals surface area contributed by atoms with Crippen LogP contribution in [-0.2, 0) is 0 Å². The van der Waals surface area contributed by atoms with Gasteiger partial charge in [-0.05, 0) is 44.7 Å². The van der Waals surface area contributed by atoms with Crippen molar-refractivity contribution in [2.45, 2.75) is 20.8 Å². The maximum atomic E-state index is 3.67. The molecular weight excluding hydrogens is 170 g/mol. The van der Waals surface area contributed by atoms with Crippen molar-refractivity contribution in [3.63, 3.8) is 0 Å². The Morgan fingerprint density at radius 1 is 1.43 bits per heavy atom. The molecule has 0 amide bonds. The van der Waals surface area contributed by atoms with E-state index in [0.29, 0.717) is 0 Å². The number of hydrogen-bond donors (Lipinski definition) is 1. The summed E-state index contributed by atoms with van der Waals surface area (Å²) >= 11 is 0. The molecule has 0 aliphatic heterocycles. The first-order chi connectivity index (χ1) is 6.69. The number of nitrogens with one attached hydrogen (secondary N) is 1. The van der Waals surface area contributed by atoms with Crippen molar-refractivity contribution >= 4 is 11.3 Å². The van der Waals surface area contributed by atoms with Gasteiger partial charge in [-0.2, -0.15) is 0 Å². The number of benzene rings is 1. The standard InChI is InChI=1S/C13H17N/c1-5-11(4)12-9-10(3)7-8-13(12)14-6-2/h5-9,14H,2H2,1,3-4H3/b11-5-. The Morgan fingerprint density at radius 2 is 2.14 bits per heavy atom. The van der Waals surface area contributed by atoms with Gasteiger partial charge in [0.2, 0.25) is 0 Å². The van der Waals surface area contributed by atoms with Crippen LogP contribution in [0.5, 0.6) is 0 Å². The van der Waals surface area contributed by atoms with Crippen molar-refractivity contribution in [1.29, 1.82) is 0 Å². The highest BCUT2D eigenvalue weighted by Gasteiger charge is 2.02. The molecule has 0 saturated heterocycles. The van der Waals surface area contributed by atoms with Crippen LogP contribution in [0.2, 0.25) is 0 Å². The quantitative estimate of drug-likeness (QED) is 0.754. The summed E-state index contributed by atoms with van der Waals surface area (Å²) in [7, 11) is 0. The van der Waals surface area contributed by atoms with Gasteiger partial charge in [0.25, 0.3) is 0 Å². The zero-order valence-corrected chi connectivity index (χ0v) is 9.09. The Hall–Kier alpha value is -1.50. The van der Waals surface area contributed by atoms with Gasteiger partial charge in [-0.25, -0.2) is 0 Å². The number of allylic oxidation sites excluding steroid dienone is 2. The van der Waals surface area contributed by atoms with E-state index in [4.69, 9.17) is 0 Å². The van der Waals surface area contributed by atoms with Crippen LogP contribution >= 0.6 is 0 Å². The first kappa shape index (κ1) is 10.6. The van der Waals surface area contributed by atoms with Crippen LogP contribution in [-0.4, -0.2) is 0 Å². The largest absolute Gasteiger partial charge is 0.362 e. The molecule has 0 atom stereocenters. The third-order valence-electron chi connectivity index (χ3n) is 2.29. The second kappa shape index (κ2) is 4.66. The normalized spacial score (nSPS) is 11.2. The lowest BCUT2D eigenvalue weighted by Crippen LogP contribution is -1.93. The topological polar surface area (TPSA) is 12.0 Å². The summed E-state index contributed by atoms with van der Waals surface area (Å²) < 4.78 is 0. The Kier molecular flexibility index (Phi) is 3.52. The fraction of sp³-hybridized carbons (Fsp3) is 0.231. The molecule has 1 heteroatoms. The fourth-order valence-electron chi connectivity index (χ4n) is 1.38. The zero-order chi connectivity index (χ0) is 10.6. The molecule has 1 nitrogen and oxygen atoms in total. The Morgan fingerprint density at radius 3 is 2.71 bits per heavy atom. The van der Waals surface area contributed by atoms with E-state index < -0.39 is 0 Å². The van der Waals surface area contributed by atoms with E-state index in [1.54, 1.807) is 6.20 Å². The number of anilines is 1. The highest BCUT2D eigenvalue weighted by molar-refractivity contribution is 5.76. The lowest BCUT2D eigenvalue weighted by molar-refractivity contribution is 1.41. The molecule has 1 aromatic carbocycles. The lowest BCUT2D eigenvalue weighted by atomic mass is 10.0. The molecule has 74 valence electrons. The Labute approximate surface area is 86.2 Å². The average molecular weight is 187 g/mol. The van der Waals surface area contributed by atoms with E-state index in [2.05, 4.69) is 56.9 Å². The summed E-state index contributed by atoms with van der Waals surface area (Å²) in [6.45, 7) is 9.94. The molecule has 0 unspecified atom stereocenters. The summed E-state index contributed by atoms with van der Waals surface area (Å²) in [5.74, 6) is 0. The van der Waals surface area contributed by atoms with Crippen LogP contribution in [0, 0.1) is 6.92 Å². The minimum atomic E-state index is 1.11. The van der Waals surface area contributed by atoms with Crippen LogP contribution in [0.1, 0.15) is 25.0 Å². The lowest BCUT2D eigenvalue weighted by Gasteiger charge is -2.10. The molecule has 0 saturated carbocycles. The third-order valence-corrected chi connectivity index (χ3v) is 2.29. The van der Waals surface area contributed by atoms with E-state index in [-0.39, 0.29) is 0 Å². The van der Waals surface area contributed by atoms with Crippen molar-refractivity contribution in [2.75, 3.05) is 5.32 Å². The fourth-order valence-corrected chi connectivity index (χ4v) is 1.38. The highest BCUT2D eigenvalue weighted by atomic mass is 14.8. The van der Waals surface area contributed by atoms with Gasteiger partial charge in [0, 0.05) is 11.3 Å². The van der Waals surface area contributed by atoms with Gasteiger partial charge in [-0.1, -0.05) is 24.3 Å². The maximum absolute atomic E-state index is 3.67. The molecule has 0 fully saturated rings. The zero-order valence-electron chi connectivity index (χ0n) is 9.09. The Bertz CT molecular complexity index is 361. The average Bonchev–Trinajstić information content (AvgIpc) is 2.20. The SMILES string of the molecule is C=CNc1ccc(C)cc1/C(C)=C\C. The van der Waals surface area contributed by atoms with E-state index in [9.17, 15) is 0 Å². The molecule has 0 aliphatic rings. The molecule has 0 aromatic heterocycles. The summed E-state index contributed by atoms with van der Waals surface area (Å²) in [5.41, 5.74) is 4.91. The molecule has 1 aromatic rings. The van der Waals surface area contributed by atoms with Gasteiger partial charge in [0.15, 0.2) is 0 Å². The second-order valence-corrected chi connectivity index (χ2v) is 3.37. The summed E-state index contributed by atoms with van der Waals surface area (Å²) in [6, 6.07) is 6.36. The van der Waals surface area contributed by atoms with Gasteiger partial charge >= 0.3 is 0 Å². The molecule has 1 rings (SSSR count). The molecular formula is C13H17N. The first-order valence-electron chi connectivity index (χ1n) is 4.80. The van der Waals surface area contributed by atoms with E-state index in [1.807, 2.05) is 0 Å².